The van der Waals surface area contributed by atoms with Gasteiger partial charge in [-0.15, -0.1) is 0 Å². The topological polar surface area (TPSA) is 0 Å². The molecule has 0 amide bonds. The van der Waals surface area contributed by atoms with E-state index in [1.807, 2.05) is 0 Å². The summed E-state index contributed by atoms with van der Waals surface area (Å²) in [7, 11) is -1.14. The molecule has 0 bridgehead atoms. The van der Waals surface area contributed by atoms with Gasteiger partial charge in [0.25, 0.3) is 0 Å². The van der Waals surface area contributed by atoms with Crippen molar-refractivity contribution in [3.8, 4) is 9.47 Å². The van der Waals surface area contributed by atoms with E-state index in [0.29, 0.717) is 0 Å². The average Bonchev–Trinajstić information content (AvgIpc) is 2.04. The third-order valence-electron chi connectivity index (χ3n) is 1.31. The molecule has 0 N–H and O–H groups in total. The van der Waals surface area contributed by atoms with Crippen LogP contribution in [0.2, 0.25) is 19.6 Å². The summed E-state index contributed by atoms with van der Waals surface area (Å²) in [5, 5.41) is 0. The number of benzene rings is 1. The van der Waals surface area contributed by atoms with Crippen LogP contribution in [0.5, 0.6) is 0 Å². The number of rotatable bonds is 1. The standard InChI is InChI=1S/C11H14ISi/c1-13(2,3)10-9-12-11-7-5-4-6-8-11/h4-8H,1-3H3/q-1. The van der Waals surface area contributed by atoms with E-state index in [9.17, 15) is 0 Å². The molecule has 1 aromatic carbocycles. The van der Waals surface area contributed by atoms with Crippen LogP contribution >= 0.6 is 0 Å². The Kier molecular flexibility index (Phi) is 4.01. The maximum atomic E-state index is 3.41. The fourth-order valence-electron chi connectivity index (χ4n) is 0.698. The monoisotopic (exact) mass is 301 g/mol. The van der Waals surface area contributed by atoms with Gasteiger partial charge in [0.15, 0.2) is 0 Å². The molecule has 1 rings (SSSR count). The number of halogens is 1. The molecule has 0 aromatic heterocycles. The number of hydrogen-bond acceptors (Lipinski definition) is 0. The van der Waals surface area contributed by atoms with Gasteiger partial charge in [0.1, 0.15) is 0 Å². The molecular weight excluding hydrogens is 287 g/mol. The van der Waals surface area contributed by atoms with E-state index in [-0.39, 0.29) is 21.2 Å². The predicted molar refractivity (Wildman–Crippen MR) is 56.3 cm³/mol. The van der Waals surface area contributed by atoms with Crippen LogP contribution in [0, 0.1) is 13.0 Å². The second kappa shape index (κ2) is 4.82. The van der Waals surface area contributed by atoms with E-state index in [2.05, 4.69) is 59.4 Å². The first-order chi connectivity index (χ1) is 6.08. The van der Waals surface area contributed by atoms with Crippen molar-refractivity contribution in [2.45, 2.75) is 19.6 Å². The Bertz CT molecular complexity index is 313. The van der Waals surface area contributed by atoms with Gasteiger partial charge in [0, 0.05) is 0 Å². The first-order valence-electron chi connectivity index (χ1n) is 4.29. The van der Waals surface area contributed by atoms with Gasteiger partial charge in [0.05, 0.1) is 0 Å². The summed E-state index contributed by atoms with van der Waals surface area (Å²) in [5.74, 6) is 0. The van der Waals surface area contributed by atoms with Gasteiger partial charge < -0.3 is 0 Å². The van der Waals surface area contributed by atoms with Crippen molar-refractivity contribution in [1.82, 2.24) is 0 Å². The zero-order chi connectivity index (χ0) is 9.73. The Balaban J connectivity index is 2.56. The van der Waals surface area contributed by atoms with E-state index < -0.39 is 8.07 Å². The van der Waals surface area contributed by atoms with Crippen LogP contribution in [-0.4, -0.2) is 8.07 Å². The van der Waals surface area contributed by atoms with E-state index in [0.717, 1.165) is 0 Å². The molecule has 0 aliphatic heterocycles. The summed E-state index contributed by atoms with van der Waals surface area (Å²) < 4.78 is 4.79. The summed E-state index contributed by atoms with van der Waals surface area (Å²) in [6, 6.07) is 10.6. The molecule has 0 nitrogen and oxygen atoms in total. The molecule has 0 unspecified atom stereocenters. The SMILES string of the molecule is C[Si](C)(C)C#C[I-]c1ccccc1. The zero-order valence-electron chi connectivity index (χ0n) is 8.26. The molecule has 0 aliphatic carbocycles. The molecule has 0 radical (unpaired) electrons. The third-order valence-corrected chi connectivity index (χ3v) is 4.58. The molecule has 0 saturated carbocycles. The summed E-state index contributed by atoms with van der Waals surface area (Å²) in [4.78, 5) is 0. The predicted octanol–water partition coefficient (Wildman–Crippen LogP) is -0.216. The molecule has 2 heteroatoms. The first kappa shape index (κ1) is 10.8. The minimum atomic E-state index is -1.14. The average molecular weight is 301 g/mol. The van der Waals surface area contributed by atoms with Crippen molar-refractivity contribution in [2.24, 2.45) is 0 Å². The summed E-state index contributed by atoms with van der Waals surface area (Å²) >= 11 is -0.0656. The van der Waals surface area contributed by atoms with Gasteiger partial charge in [-0.1, -0.05) is 0 Å². The second-order valence-electron chi connectivity index (χ2n) is 3.86. The van der Waals surface area contributed by atoms with E-state index in [1.54, 1.807) is 0 Å². The summed E-state index contributed by atoms with van der Waals surface area (Å²) in [6.07, 6.45) is 0. The van der Waals surface area contributed by atoms with Gasteiger partial charge in [0.2, 0.25) is 0 Å². The second-order valence-corrected chi connectivity index (χ2v) is 10.9. The molecule has 13 heavy (non-hydrogen) atoms. The van der Waals surface area contributed by atoms with Crippen molar-refractivity contribution in [3.63, 3.8) is 0 Å². The molecule has 1 aromatic rings. The van der Waals surface area contributed by atoms with Crippen LogP contribution in [0.15, 0.2) is 30.3 Å². The molecule has 70 valence electrons. The van der Waals surface area contributed by atoms with Crippen molar-refractivity contribution in [3.05, 3.63) is 33.9 Å². The Labute approximate surface area is 92.0 Å². The van der Waals surface area contributed by atoms with Gasteiger partial charge in [-0.3, -0.25) is 0 Å². The van der Waals surface area contributed by atoms with E-state index in [1.165, 1.54) is 3.57 Å². The Morgan fingerprint density at radius 3 is 2.23 bits per heavy atom. The van der Waals surface area contributed by atoms with Crippen molar-refractivity contribution >= 4 is 8.07 Å². The Hall–Kier alpha value is -0.273. The van der Waals surface area contributed by atoms with Crippen LogP contribution in [-0.2, 0) is 0 Å². The normalized spacial score (nSPS) is 10.7. The molecule has 0 spiro atoms. The maximum absolute atomic E-state index is 3.41. The number of hydrogen-bond donors (Lipinski definition) is 0. The Morgan fingerprint density at radius 2 is 1.69 bits per heavy atom. The van der Waals surface area contributed by atoms with Gasteiger partial charge >= 0.3 is 92.3 Å². The van der Waals surface area contributed by atoms with Gasteiger partial charge in [-0.2, -0.15) is 0 Å². The zero-order valence-corrected chi connectivity index (χ0v) is 11.4. The molecular formula is C11H14ISi-. The van der Waals surface area contributed by atoms with Crippen LogP contribution < -0.4 is 21.2 Å². The van der Waals surface area contributed by atoms with E-state index in [4.69, 9.17) is 0 Å². The van der Waals surface area contributed by atoms with Crippen molar-refractivity contribution in [2.75, 3.05) is 0 Å². The molecule has 0 aliphatic rings. The summed E-state index contributed by atoms with van der Waals surface area (Å²) in [5.41, 5.74) is 3.41. The van der Waals surface area contributed by atoms with Crippen molar-refractivity contribution in [1.29, 1.82) is 0 Å². The minimum absolute atomic E-state index is 0.0656. The van der Waals surface area contributed by atoms with Gasteiger partial charge in [-0.25, -0.2) is 0 Å². The fourth-order valence-corrected chi connectivity index (χ4v) is 4.95. The Morgan fingerprint density at radius 1 is 1.08 bits per heavy atom. The molecule has 0 saturated heterocycles. The van der Waals surface area contributed by atoms with Gasteiger partial charge in [-0.05, 0) is 0 Å². The molecule has 0 heterocycles. The fraction of sp³-hybridized carbons (Fsp3) is 0.273. The molecule has 0 atom stereocenters. The quantitative estimate of drug-likeness (QED) is 0.382. The van der Waals surface area contributed by atoms with Crippen LogP contribution in [0.3, 0.4) is 0 Å². The first-order valence-corrected chi connectivity index (χ1v) is 9.95. The van der Waals surface area contributed by atoms with Crippen LogP contribution in [0.4, 0.5) is 0 Å². The molecule has 0 fully saturated rings. The van der Waals surface area contributed by atoms with E-state index >= 15 is 0 Å². The summed E-state index contributed by atoms with van der Waals surface area (Å²) in [6.45, 7) is 6.86. The van der Waals surface area contributed by atoms with Crippen LogP contribution in [0.1, 0.15) is 0 Å². The third kappa shape index (κ3) is 5.12. The van der Waals surface area contributed by atoms with Crippen LogP contribution in [0.25, 0.3) is 0 Å². The van der Waals surface area contributed by atoms with Crippen molar-refractivity contribution < 1.29 is 21.2 Å².